The van der Waals surface area contributed by atoms with E-state index in [0.717, 1.165) is 40.8 Å². The summed E-state index contributed by atoms with van der Waals surface area (Å²) in [5.41, 5.74) is 2.14. The molecule has 1 unspecified atom stereocenters. The molecular weight excluding hydrogens is 562 g/mol. The van der Waals surface area contributed by atoms with E-state index < -0.39 is 17.4 Å². The number of piperazine rings is 1. The van der Waals surface area contributed by atoms with Crippen LogP contribution in [0.15, 0.2) is 18.2 Å². The average molecular weight is 608 g/mol. The quantitative estimate of drug-likeness (QED) is 0.400. The van der Waals surface area contributed by atoms with E-state index in [9.17, 15) is 19.2 Å². The zero-order chi connectivity index (χ0) is 31.0. The fraction of sp³-hybridized carbons (Fsp3) is 0.636. The van der Waals surface area contributed by atoms with Crippen LogP contribution in [0.1, 0.15) is 56.7 Å². The fourth-order valence-corrected chi connectivity index (χ4v) is 7.80. The first-order valence-corrected chi connectivity index (χ1v) is 16.2. The molecule has 1 aliphatic carbocycles. The van der Waals surface area contributed by atoms with Crippen LogP contribution < -0.4 is 10.1 Å². The van der Waals surface area contributed by atoms with E-state index in [4.69, 9.17) is 9.47 Å². The Morgan fingerprint density at radius 1 is 1.05 bits per heavy atom. The van der Waals surface area contributed by atoms with Gasteiger partial charge in [0.1, 0.15) is 5.75 Å². The maximum atomic E-state index is 14.6. The van der Waals surface area contributed by atoms with Gasteiger partial charge in [-0.2, -0.15) is 0 Å². The highest BCUT2D eigenvalue weighted by Crippen LogP contribution is 2.52. The van der Waals surface area contributed by atoms with Gasteiger partial charge in [0.05, 0.1) is 18.6 Å². The van der Waals surface area contributed by atoms with Crippen molar-refractivity contribution in [3.05, 3.63) is 29.5 Å². The Balaban J connectivity index is 1.32. The van der Waals surface area contributed by atoms with E-state index >= 15 is 0 Å². The van der Waals surface area contributed by atoms with E-state index in [2.05, 4.69) is 17.2 Å². The van der Waals surface area contributed by atoms with Gasteiger partial charge in [-0.05, 0) is 62.3 Å². The molecule has 11 nitrogen and oxygen atoms in total. The molecule has 238 valence electrons. The van der Waals surface area contributed by atoms with Gasteiger partial charge in [0, 0.05) is 87.8 Å². The lowest BCUT2D eigenvalue weighted by Gasteiger charge is -2.56. The van der Waals surface area contributed by atoms with E-state index in [-0.39, 0.29) is 36.0 Å². The molecule has 0 spiro atoms. The number of amides is 4. The summed E-state index contributed by atoms with van der Waals surface area (Å²) >= 11 is 0. The largest absolute Gasteiger partial charge is 0.497 e. The van der Waals surface area contributed by atoms with Crippen LogP contribution in [-0.2, 0) is 35.9 Å². The van der Waals surface area contributed by atoms with Crippen LogP contribution in [0.2, 0.25) is 0 Å². The lowest BCUT2D eigenvalue weighted by atomic mass is 9.65. The topological polar surface area (TPSA) is 124 Å². The maximum Gasteiger partial charge on any atom is 0.228 e. The molecule has 2 N–H and O–H groups in total. The molecule has 1 aromatic carbocycles. The summed E-state index contributed by atoms with van der Waals surface area (Å²) in [4.78, 5) is 63.9. The second-order valence-corrected chi connectivity index (χ2v) is 12.7. The highest BCUT2D eigenvalue weighted by molar-refractivity contribution is 5.93. The van der Waals surface area contributed by atoms with Crippen molar-refractivity contribution < 1.29 is 28.7 Å². The molecule has 0 bridgehead atoms. The highest BCUT2D eigenvalue weighted by Gasteiger charge is 2.59. The first-order chi connectivity index (χ1) is 21.3. The minimum atomic E-state index is -0.861. The number of aromatic nitrogens is 1. The third-order valence-electron chi connectivity index (χ3n) is 10.3. The molecule has 2 aromatic rings. The van der Waals surface area contributed by atoms with Gasteiger partial charge < -0.3 is 34.5 Å². The van der Waals surface area contributed by atoms with Crippen molar-refractivity contribution in [3.63, 3.8) is 0 Å². The predicted octanol–water partition coefficient (Wildman–Crippen LogP) is 2.43. The summed E-state index contributed by atoms with van der Waals surface area (Å²) < 4.78 is 10.6. The highest BCUT2D eigenvalue weighted by atomic mass is 16.5. The molecule has 3 aliphatic heterocycles. The van der Waals surface area contributed by atoms with E-state index in [0.29, 0.717) is 71.6 Å². The zero-order valence-electron chi connectivity index (χ0n) is 26.2. The zero-order valence-corrected chi connectivity index (χ0v) is 26.2. The molecule has 4 amide bonds. The van der Waals surface area contributed by atoms with Crippen molar-refractivity contribution >= 4 is 34.5 Å². The van der Waals surface area contributed by atoms with Crippen molar-refractivity contribution in [3.8, 4) is 5.75 Å². The number of nitrogens with one attached hydrogen (secondary N) is 2. The molecule has 1 aromatic heterocycles. The van der Waals surface area contributed by atoms with Gasteiger partial charge in [0.2, 0.25) is 23.6 Å². The van der Waals surface area contributed by atoms with E-state index in [1.165, 1.54) is 0 Å². The Kier molecular flexibility index (Phi) is 8.59. The molecule has 6 rings (SSSR count). The Morgan fingerprint density at radius 2 is 1.77 bits per heavy atom. The number of hydrogen-bond acceptors (Lipinski definition) is 6. The Hall–Kier alpha value is -3.60. The number of H-pyrrole nitrogens is 1. The van der Waals surface area contributed by atoms with Gasteiger partial charge in [-0.3, -0.25) is 19.2 Å². The lowest BCUT2D eigenvalue weighted by Crippen LogP contribution is -2.66. The number of rotatable bonds is 10. The summed E-state index contributed by atoms with van der Waals surface area (Å²) in [5, 5.41) is 3.97. The van der Waals surface area contributed by atoms with Crippen molar-refractivity contribution in [2.24, 2.45) is 17.8 Å². The molecule has 44 heavy (non-hydrogen) atoms. The SMILES string of the molecule is CC[C@]12c3[nH]c4ccc(OC)cc4c3CCN1C(=O)C(CC(=O)NCCCOC)C[C@@H]2C(=O)N1CCN(C(=O)C2CC2)CC1. The van der Waals surface area contributed by atoms with Gasteiger partial charge >= 0.3 is 0 Å². The number of fused-ring (bicyclic) bond motifs is 5. The first-order valence-electron chi connectivity index (χ1n) is 16.2. The Bertz CT molecular complexity index is 1430. The molecule has 4 heterocycles. The standard InChI is InChI=1S/C33H45N5O6/c1-4-33-26(32(42)37-15-13-36(14-16-37)30(40)21-6-7-21)18-22(19-28(39)34-11-5-17-43-2)31(41)38(33)12-10-24-25-20-23(44-3)8-9-27(25)35-29(24)33/h8-9,20-22,26,35H,4-7,10-19H2,1-3H3,(H,34,39)/t22?,26-,33+/m1/s1. The van der Waals surface area contributed by atoms with Gasteiger partial charge in [-0.1, -0.05) is 6.92 Å². The van der Waals surface area contributed by atoms with Gasteiger partial charge in [0.25, 0.3) is 0 Å². The Labute approximate surface area is 258 Å². The van der Waals surface area contributed by atoms with Gasteiger partial charge in [0.15, 0.2) is 0 Å². The van der Waals surface area contributed by atoms with Gasteiger partial charge in [-0.25, -0.2) is 0 Å². The molecule has 11 heteroatoms. The van der Waals surface area contributed by atoms with Crippen LogP contribution in [0.3, 0.4) is 0 Å². The molecule has 1 saturated carbocycles. The number of benzene rings is 1. The molecule has 3 atom stereocenters. The molecular formula is C33H45N5O6. The summed E-state index contributed by atoms with van der Waals surface area (Å²) in [6.07, 6.45) is 4.16. The minimum absolute atomic E-state index is 0.00235. The van der Waals surface area contributed by atoms with E-state index in [1.54, 1.807) is 14.2 Å². The molecule has 4 aliphatic rings. The molecule has 2 saturated heterocycles. The number of aromatic amines is 1. The number of ether oxygens (including phenoxy) is 2. The maximum absolute atomic E-state index is 14.6. The van der Waals surface area contributed by atoms with Crippen LogP contribution in [0.25, 0.3) is 10.9 Å². The number of methoxy groups -OCH3 is 2. The number of carbonyl (C=O) groups is 4. The van der Waals surface area contributed by atoms with Crippen LogP contribution in [-0.4, -0.2) is 103 Å². The average Bonchev–Trinajstić information content (AvgIpc) is 3.83. The second kappa shape index (κ2) is 12.4. The van der Waals surface area contributed by atoms with Crippen LogP contribution >= 0.6 is 0 Å². The third-order valence-corrected chi connectivity index (χ3v) is 10.3. The number of nitrogens with zero attached hydrogens (tertiary/aromatic N) is 3. The summed E-state index contributed by atoms with van der Waals surface area (Å²) in [5.74, 6) is -0.250. The second-order valence-electron chi connectivity index (χ2n) is 12.7. The normalized spacial score (nSPS) is 25.1. The number of carbonyl (C=O) groups excluding carboxylic acids is 4. The van der Waals surface area contributed by atoms with Crippen molar-refractivity contribution in [1.29, 1.82) is 0 Å². The minimum Gasteiger partial charge on any atom is -0.497 e. The van der Waals surface area contributed by atoms with Crippen LogP contribution in [0.4, 0.5) is 0 Å². The smallest absolute Gasteiger partial charge is 0.228 e. The van der Waals surface area contributed by atoms with Gasteiger partial charge in [-0.15, -0.1) is 0 Å². The summed E-state index contributed by atoms with van der Waals surface area (Å²) in [6.45, 7) is 5.56. The van der Waals surface area contributed by atoms with E-state index in [1.807, 2.05) is 32.9 Å². The van der Waals surface area contributed by atoms with Crippen molar-refractivity contribution in [2.45, 2.75) is 57.4 Å². The lowest BCUT2D eigenvalue weighted by molar-refractivity contribution is -0.167. The summed E-state index contributed by atoms with van der Waals surface area (Å²) in [7, 11) is 3.27. The third kappa shape index (κ3) is 5.33. The number of piperidine rings is 1. The molecule has 0 radical (unpaired) electrons. The Morgan fingerprint density at radius 3 is 2.43 bits per heavy atom. The first kappa shape index (κ1) is 30.4. The van der Waals surface area contributed by atoms with Crippen LogP contribution in [0, 0.1) is 17.8 Å². The predicted molar refractivity (Wildman–Crippen MR) is 164 cm³/mol. The molecule has 3 fully saturated rings. The summed E-state index contributed by atoms with van der Waals surface area (Å²) in [6, 6.07) is 5.94. The number of hydrogen-bond donors (Lipinski definition) is 2. The van der Waals surface area contributed by atoms with Crippen LogP contribution in [0.5, 0.6) is 5.75 Å². The van der Waals surface area contributed by atoms with Crippen molar-refractivity contribution in [1.82, 2.24) is 25.0 Å². The van der Waals surface area contributed by atoms with Crippen molar-refractivity contribution in [2.75, 3.05) is 60.1 Å². The fourth-order valence-electron chi connectivity index (χ4n) is 7.80. The monoisotopic (exact) mass is 607 g/mol.